The summed E-state index contributed by atoms with van der Waals surface area (Å²) in [7, 11) is 0. The molecule has 0 aliphatic heterocycles. The van der Waals surface area contributed by atoms with Crippen molar-refractivity contribution in [2.24, 2.45) is 0 Å². The highest BCUT2D eigenvalue weighted by Gasteiger charge is 2.06. The molecule has 0 spiro atoms. The maximum absolute atomic E-state index is 10.4. The SMILES string of the molecule is CC(CC=O)c1ccc2n[nH]nc2c1. The van der Waals surface area contributed by atoms with Gasteiger partial charge in [0.05, 0.1) is 0 Å². The first kappa shape index (κ1) is 8.87. The quantitative estimate of drug-likeness (QED) is 0.747. The van der Waals surface area contributed by atoms with Crippen LogP contribution < -0.4 is 0 Å². The number of rotatable bonds is 3. The number of nitrogens with zero attached hydrogens (tertiary/aromatic N) is 2. The molecular weight excluding hydrogens is 178 g/mol. The van der Waals surface area contributed by atoms with E-state index in [4.69, 9.17) is 0 Å². The molecule has 4 heteroatoms. The molecular formula is C10H11N3O. The third-order valence-electron chi connectivity index (χ3n) is 2.36. The number of nitrogens with one attached hydrogen (secondary N) is 1. The number of hydrogen-bond acceptors (Lipinski definition) is 3. The van der Waals surface area contributed by atoms with Gasteiger partial charge in [0, 0.05) is 6.42 Å². The third-order valence-corrected chi connectivity index (χ3v) is 2.36. The summed E-state index contributed by atoms with van der Waals surface area (Å²) in [4.78, 5) is 10.4. The number of aromatic amines is 1. The van der Waals surface area contributed by atoms with E-state index in [0.717, 1.165) is 22.9 Å². The molecule has 1 aromatic heterocycles. The first-order chi connectivity index (χ1) is 6.81. The molecule has 2 aromatic rings. The Labute approximate surface area is 81.3 Å². The molecule has 2 rings (SSSR count). The van der Waals surface area contributed by atoms with Crippen molar-refractivity contribution in [2.45, 2.75) is 19.3 Å². The molecule has 1 heterocycles. The molecule has 0 radical (unpaired) electrons. The van der Waals surface area contributed by atoms with Gasteiger partial charge in [-0.05, 0) is 23.6 Å². The topological polar surface area (TPSA) is 58.6 Å². The molecule has 1 N–H and O–H groups in total. The van der Waals surface area contributed by atoms with Crippen LogP contribution in [0.1, 0.15) is 24.8 Å². The second-order valence-electron chi connectivity index (χ2n) is 3.38. The standard InChI is InChI=1S/C10H11N3O/c1-7(4-5-14)8-2-3-9-10(6-8)12-13-11-9/h2-3,5-7H,4H2,1H3,(H,11,12,13). The molecule has 0 saturated heterocycles. The van der Waals surface area contributed by atoms with Gasteiger partial charge >= 0.3 is 0 Å². The summed E-state index contributed by atoms with van der Waals surface area (Å²) in [5, 5.41) is 10.5. The normalized spacial score (nSPS) is 12.9. The number of benzene rings is 1. The van der Waals surface area contributed by atoms with E-state index in [-0.39, 0.29) is 5.92 Å². The van der Waals surface area contributed by atoms with E-state index in [1.807, 2.05) is 25.1 Å². The van der Waals surface area contributed by atoms with Crippen LogP contribution in [-0.4, -0.2) is 21.7 Å². The second-order valence-corrected chi connectivity index (χ2v) is 3.38. The van der Waals surface area contributed by atoms with E-state index < -0.39 is 0 Å². The first-order valence-electron chi connectivity index (χ1n) is 4.55. The van der Waals surface area contributed by atoms with Crippen molar-refractivity contribution in [3.05, 3.63) is 23.8 Å². The smallest absolute Gasteiger partial charge is 0.120 e. The molecule has 1 atom stereocenters. The molecule has 0 saturated carbocycles. The summed E-state index contributed by atoms with van der Waals surface area (Å²) in [6, 6.07) is 5.86. The molecule has 1 aromatic carbocycles. The Hall–Kier alpha value is -1.71. The molecule has 0 aliphatic rings. The maximum atomic E-state index is 10.4. The van der Waals surface area contributed by atoms with Crippen LogP contribution in [0.5, 0.6) is 0 Å². The van der Waals surface area contributed by atoms with E-state index in [1.54, 1.807) is 0 Å². The average Bonchev–Trinajstić information content (AvgIpc) is 2.64. The summed E-state index contributed by atoms with van der Waals surface area (Å²) in [5.41, 5.74) is 2.82. The fourth-order valence-corrected chi connectivity index (χ4v) is 1.44. The molecule has 1 unspecified atom stereocenters. The van der Waals surface area contributed by atoms with Gasteiger partial charge in [-0.2, -0.15) is 15.4 Å². The maximum Gasteiger partial charge on any atom is 0.120 e. The van der Waals surface area contributed by atoms with Gasteiger partial charge < -0.3 is 4.79 Å². The number of hydrogen-bond donors (Lipinski definition) is 1. The van der Waals surface area contributed by atoms with Gasteiger partial charge in [-0.15, -0.1) is 0 Å². The highest BCUT2D eigenvalue weighted by Crippen LogP contribution is 2.20. The highest BCUT2D eigenvalue weighted by molar-refractivity contribution is 5.74. The lowest BCUT2D eigenvalue weighted by Crippen LogP contribution is -1.93. The van der Waals surface area contributed by atoms with E-state index in [9.17, 15) is 4.79 Å². The second kappa shape index (κ2) is 3.57. The van der Waals surface area contributed by atoms with E-state index in [0.29, 0.717) is 6.42 Å². The Morgan fingerprint density at radius 2 is 2.21 bits per heavy atom. The first-order valence-corrected chi connectivity index (χ1v) is 4.55. The molecule has 0 amide bonds. The zero-order valence-corrected chi connectivity index (χ0v) is 7.90. The number of carbonyl (C=O) groups excluding carboxylic acids is 1. The average molecular weight is 189 g/mol. The Morgan fingerprint density at radius 1 is 1.43 bits per heavy atom. The van der Waals surface area contributed by atoms with E-state index >= 15 is 0 Å². The van der Waals surface area contributed by atoms with Gasteiger partial charge in [-0.3, -0.25) is 0 Å². The fourth-order valence-electron chi connectivity index (χ4n) is 1.44. The van der Waals surface area contributed by atoms with Crippen molar-refractivity contribution >= 4 is 17.3 Å². The Morgan fingerprint density at radius 3 is 3.00 bits per heavy atom. The molecule has 0 aliphatic carbocycles. The van der Waals surface area contributed by atoms with Crippen LogP contribution in [0.2, 0.25) is 0 Å². The third kappa shape index (κ3) is 1.51. The van der Waals surface area contributed by atoms with Crippen molar-refractivity contribution in [1.82, 2.24) is 15.4 Å². The molecule has 72 valence electrons. The van der Waals surface area contributed by atoms with Crippen molar-refractivity contribution in [3.8, 4) is 0 Å². The lowest BCUT2D eigenvalue weighted by molar-refractivity contribution is -0.108. The van der Waals surface area contributed by atoms with Gasteiger partial charge in [0.25, 0.3) is 0 Å². The lowest BCUT2D eigenvalue weighted by atomic mass is 9.98. The largest absolute Gasteiger partial charge is 0.303 e. The van der Waals surface area contributed by atoms with Crippen LogP contribution in [-0.2, 0) is 4.79 Å². The molecule has 14 heavy (non-hydrogen) atoms. The fraction of sp³-hybridized carbons (Fsp3) is 0.300. The number of aldehydes is 1. The van der Waals surface area contributed by atoms with Gasteiger partial charge in [-0.25, -0.2) is 0 Å². The van der Waals surface area contributed by atoms with Crippen molar-refractivity contribution in [1.29, 1.82) is 0 Å². The zero-order valence-electron chi connectivity index (χ0n) is 7.90. The Kier molecular flexibility index (Phi) is 2.26. The minimum Gasteiger partial charge on any atom is -0.303 e. The van der Waals surface area contributed by atoms with Gasteiger partial charge in [0.1, 0.15) is 17.3 Å². The van der Waals surface area contributed by atoms with Crippen LogP contribution in [0.25, 0.3) is 11.0 Å². The van der Waals surface area contributed by atoms with Gasteiger partial charge in [0.15, 0.2) is 0 Å². The van der Waals surface area contributed by atoms with Crippen molar-refractivity contribution in [3.63, 3.8) is 0 Å². The minimum atomic E-state index is 0.244. The summed E-state index contributed by atoms with van der Waals surface area (Å²) >= 11 is 0. The van der Waals surface area contributed by atoms with Gasteiger partial charge in [0.2, 0.25) is 0 Å². The van der Waals surface area contributed by atoms with E-state index in [2.05, 4.69) is 15.4 Å². The zero-order chi connectivity index (χ0) is 9.97. The Balaban J connectivity index is 2.38. The predicted octanol–water partition coefficient (Wildman–Crippen LogP) is 1.65. The number of H-pyrrole nitrogens is 1. The lowest BCUT2D eigenvalue weighted by Gasteiger charge is -2.06. The summed E-state index contributed by atoms with van der Waals surface area (Å²) in [5.74, 6) is 0.244. The summed E-state index contributed by atoms with van der Waals surface area (Å²) < 4.78 is 0. The van der Waals surface area contributed by atoms with Crippen molar-refractivity contribution in [2.75, 3.05) is 0 Å². The number of carbonyl (C=O) groups is 1. The summed E-state index contributed by atoms with van der Waals surface area (Å²) in [6.07, 6.45) is 1.49. The van der Waals surface area contributed by atoms with Crippen LogP contribution >= 0.6 is 0 Å². The molecule has 4 nitrogen and oxygen atoms in total. The molecule has 0 bridgehead atoms. The van der Waals surface area contributed by atoms with Crippen LogP contribution in [0.15, 0.2) is 18.2 Å². The van der Waals surface area contributed by atoms with Gasteiger partial charge in [-0.1, -0.05) is 13.0 Å². The number of aromatic nitrogens is 3. The predicted molar refractivity (Wildman–Crippen MR) is 53.0 cm³/mol. The summed E-state index contributed by atoms with van der Waals surface area (Å²) in [6.45, 7) is 2.02. The van der Waals surface area contributed by atoms with Crippen molar-refractivity contribution < 1.29 is 4.79 Å². The minimum absolute atomic E-state index is 0.244. The monoisotopic (exact) mass is 189 g/mol. The number of fused-ring (bicyclic) bond motifs is 1. The molecule has 0 fully saturated rings. The van der Waals surface area contributed by atoms with Crippen LogP contribution in [0.4, 0.5) is 0 Å². The van der Waals surface area contributed by atoms with Crippen LogP contribution in [0, 0.1) is 0 Å². The highest BCUT2D eigenvalue weighted by atomic mass is 16.1. The van der Waals surface area contributed by atoms with E-state index in [1.165, 1.54) is 0 Å². The Bertz CT molecular complexity index is 449. The van der Waals surface area contributed by atoms with Crippen LogP contribution in [0.3, 0.4) is 0 Å².